The van der Waals surface area contributed by atoms with Crippen molar-refractivity contribution in [2.75, 3.05) is 7.11 Å². The molecular formula is C9H10F2O2. The molecule has 2 nitrogen and oxygen atoms in total. The average molecular weight is 188 g/mol. The fraction of sp³-hybridized carbons (Fsp3) is 0.333. The van der Waals surface area contributed by atoms with Crippen LogP contribution >= 0.6 is 0 Å². The van der Waals surface area contributed by atoms with E-state index >= 15 is 0 Å². The van der Waals surface area contributed by atoms with Crippen LogP contribution in [-0.4, -0.2) is 13.7 Å². The van der Waals surface area contributed by atoms with Gasteiger partial charge < -0.3 is 9.47 Å². The van der Waals surface area contributed by atoms with Crippen LogP contribution in [0, 0.1) is 6.92 Å². The first-order chi connectivity index (χ1) is 6.15. The molecule has 0 saturated heterocycles. The van der Waals surface area contributed by atoms with Crippen molar-refractivity contribution in [3.63, 3.8) is 0 Å². The minimum atomic E-state index is -2.80. The summed E-state index contributed by atoms with van der Waals surface area (Å²) in [4.78, 5) is 0. The Balaban J connectivity index is 2.94. The maximum absolute atomic E-state index is 11.9. The molecule has 0 spiro atoms. The number of methoxy groups -OCH3 is 1. The van der Waals surface area contributed by atoms with Crippen molar-refractivity contribution < 1.29 is 18.3 Å². The number of hydrogen-bond acceptors (Lipinski definition) is 2. The molecule has 0 aliphatic rings. The van der Waals surface area contributed by atoms with Crippen LogP contribution in [0.5, 0.6) is 11.5 Å². The minimum Gasteiger partial charge on any atom is -0.496 e. The molecule has 0 aromatic heterocycles. The van der Waals surface area contributed by atoms with E-state index in [4.69, 9.17) is 4.74 Å². The molecule has 1 aromatic carbocycles. The van der Waals surface area contributed by atoms with Crippen LogP contribution in [-0.2, 0) is 0 Å². The van der Waals surface area contributed by atoms with Crippen LogP contribution in [0.4, 0.5) is 8.78 Å². The van der Waals surface area contributed by atoms with E-state index in [0.717, 1.165) is 0 Å². The van der Waals surface area contributed by atoms with Gasteiger partial charge in [-0.05, 0) is 19.1 Å². The Kier molecular flexibility index (Phi) is 3.06. The van der Waals surface area contributed by atoms with Crippen LogP contribution in [0.15, 0.2) is 18.2 Å². The molecule has 0 bridgehead atoms. The maximum Gasteiger partial charge on any atom is 0.387 e. The first kappa shape index (κ1) is 9.77. The third-order valence-electron chi connectivity index (χ3n) is 1.67. The topological polar surface area (TPSA) is 18.5 Å². The summed E-state index contributed by atoms with van der Waals surface area (Å²) in [7, 11) is 1.48. The van der Waals surface area contributed by atoms with E-state index in [2.05, 4.69) is 4.74 Å². The highest BCUT2D eigenvalue weighted by atomic mass is 19.3. The fourth-order valence-corrected chi connectivity index (χ4v) is 1.04. The molecule has 0 atom stereocenters. The number of rotatable bonds is 3. The third-order valence-corrected chi connectivity index (χ3v) is 1.67. The first-order valence-corrected chi connectivity index (χ1v) is 3.73. The van der Waals surface area contributed by atoms with Crippen molar-refractivity contribution in [3.05, 3.63) is 23.8 Å². The lowest BCUT2D eigenvalue weighted by Gasteiger charge is -2.10. The SMILES string of the molecule is COc1cccc(OC(F)F)c1C. The molecule has 0 radical (unpaired) electrons. The van der Waals surface area contributed by atoms with Gasteiger partial charge in [-0.25, -0.2) is 0 Å². The summed E-state index contributed by atoms with van der Waals surface area (Å²) in [6, 6.07) is 4.77. The van der Waals surface area contributed by atoms with Gasteiger partial charge in [-0.15, -0.1) is 0 Å². The standard InChI is InChI=1S/C9H10F2O2/c1-6-7(12-2)4-3-5-8(6)13-9(10)11/h3-5,9H,1-2H3. The molecule has 13 heavy (non-hydrogen) atoms. The van der Waals surface area contributed by atoms with Crippen LogP contribution in [0.25, 0.3) is 0 Å². The van der Waals surface area contributed by atoms with Crippen molar-refractivity contribution in [2.45, 2.75) is 13.5 Å². The van der Waals surface area contributed by atoms with Gasteiger partial charge in [-0.2, -0.15) is 8.78 Å². The zero-order valence-corrected chi connectivity index (χ0v) is 7.38. The van der Waals surface area contributed by atoms with Gasteiger partial charge in [0.15, 0.2) is 0 Å². The Morgan fingerprint density at radius 1 is 1.23 bits per heavy atom. The van der Waals surface area contributed by atoms with E-state index in [1.54, 1.807) is 19.1 Å². The number of hydrogen-bond donors (Lipinski definition) is 0. The molecule has 0 aliphatic heterocycles. The summed E-state index contributed by atoms with van der Waals surface area (Å²) >= 11 is 0. The molecule has 0 N–H and O–H groups in total. The molecule has 0 aliphatic carbocycles. The molecule has 1 aromatic rings. The second kappa shape index (κ2) is 4.07. The maximum atomic E-state index is 11.9. The van der Waals surface area contributed by atoms with Gasteiger partial charge in [0.2, 0.25) is 0 Å². The predicted octanol–water partition coefficient (Wildman–Crippen LogP) is 2.61. The summed E-state index contributed by atoms with van der Waals surface area (Å²) in [6.07, 6.45) is 0. The van der Waals surface area contributed by atoms with Gasteiger partial charge in [0.1, 0.15) is 11.5 Å². The van der Waals surface area contributed by atoms with Gasteiger partial charge in [-0.1, -0.05) is 6.07 Å². The Hall–Kier alpha value is -1.32. The number of alkyl halides is 2. The highest BCUT2D eigenvalue weighted by Crippen LogP contribution is 2.27. The second-order valence-electron chi connectivity index (χ2n) is 2.46. The first-order valence-electron chi connectivity index (χ1n) is 3.73. The fourth-order valence-electron chi connectivity index (χ4n) is 1.04. The van der Waals surface area contributed by atoms with Gasteiger partial charge in [-0.3, -0.25) is 0 Å². The smallest absolute Gasteiger partial charge is 0.387 e. The molecule has 0 amide bonds. The van der Waals surface area contributed by atoms with Gasteiger partial charge in [0, 0.05) is 5.56 Å². The monoisotopic (exact) mass is 188 g/mol. The van der Waals surface area contributed by atoms with Crippen molar-refractivity contribution in [3.8, 4) is 11.5 Å². The average Bonchev–Trinajstić information content (AvgIpc) is 2.08. The summed E-state index contributed by atoms with van der Waals surface area (Å²) in [6.45, 7) is -1.14. The van der Waals surface area contributed by atoms with E-state index in [1.165, 1.54) is 13.2 Å². The van der Waals surface area contributed by atoms with E-state index in [1.807, 2.05) is 0 Å². The van der Waals surface area contributed by atoms with Gasteiger partial charge in [0.05, 0.1) is 7.11 Å². The number of halogens is 2. The molecule has 0 unspecified atom stereocenters. The molecular weight excluding hydrogens is 178 g/mol. The lowest BCUT2D eigenvalue weighted by molar-refractivity contribution is -0.0503. The van der Waals surface area contributed by atoms with E-state index in [-0.39, 0.29) is 5.75 Å². The minimum absolute atomic E-state index is 0.148. The van der Waals surface area contributed by atoms with E-state index in [0.29, 0.717) is 11.3 Å². The number of benzene rings is 1. The Bertz CT molecular complexity index is 287. The molecule has 1 rings (SSSR count). The molecule has 4 heteroatoms. The third kappa shape index (κ3) is 2.31. The summed E-state index contributed by atoms with van der Waals surface area (Å²) in [5.41, 5.74) is 0.574. The summed E-state index contributed by atoms with van der Waals surface area (Å²) in [5, 5.41) is 0. The van der Waals surface area contributed by atoms with Crippen LogP contribution < -0.4 is 9.47 Å². The molecule has 0 fully saturated rings. The highest BCUT2D eigenvalue weighted by Gasteiger charge is 2.09. The lowest BCUT2D eigenvalue weighted by Crippen LogP contribution is -2.03. The van der Waals surface area contributed by atoms with Crippen LogP contribution in [0.2, 0.25) is 0 Å². The quantitative estimate of drug-likeness (QED) is 0.725. The largest absolute Gasteiger partial charge is 0.496 e. The normalized spacial score (nSPS) is 10.2. The summed E-state index contributed by atoms with van der Waals surface area (Å²) in [5.74, 6) is 0.688. The van der Waals surface area contributed by atoms with Gasteiger partial charge in [0.25, 0.3) is 0 Å². The Labute approximate surface area is 75.1 Å². The zero-order chi connectivity index (χ0) is 9.84. The van der Waals surface area contributed by atoms with Crippen molar-refractivity contribution >= 4 is 0 Å². The summed E-state index contributed by atoms with van der Waals surface area (Å²) < 4.78 is 33.0. The highest BCUT2D eigenvalue weighted by molar-refractivity contribution is 5.43. The number of ether oxygens (including phenoxy) is 2. The molecule has 0 saturated carbocycles. The molecule has 72 valence electrons. The Morgan fingerprint density at radius 2 is 1.85 bits per heavy atom. The van der Waals surface area contributed by atoms with Crippen LogP contribution in [0.3, 0.4) is 0 Å². The van der Waals surface area contributed by atoms with Gasteiger partial charge >= 0.3 is 6.61 Å². The van der Waals surface area contributed by atoms with Crippen molar-refractivity contribution in [1.29, 1.82) is 0 Å². The second-order valence-corrected chi connectivity index (χ2v) is 2.46. The Morgan fingerprint density at radius 3 is 2.38 bits per heavy atom. The van der Waals surface area contributed by atoms with Crippen molar-refractivity contribution in [2.24, 2.45) is 0 Å². The lowest BCUT2D eigenvalue weighted by atomic mass is 10.2. The van der Waals surface area contributed by atoms with Crippen LogP contribution in [0.1, 0.15) is 5.56 Å². The van der Waals surface area contributed by atoms with E-state index < -0.39 is 6.61 Å². The zero-order valence-electron chi connectivity index (χ0n) is 7.38. The van der Waals surface area contributed by atoms with E-state index in [9.17, 15) is 8.78 Å². The predicted molar refractivity (Wildman–Crippen MR) is 44.4 cm³/mol. The molecule has 0 heterocycles. The van der Waals surface area contributed by atoms with Crippen molar-refractivity contribution in [1.82, 2.24) is 0 Å².